The van der Waals surface area contributed by atoms with Crippen molar-refractivity contribution in [3.8, 4) is 0 Å². The molecule has 5 nitrogen and oxygen atoms in total. The van der Waals surface area contributed by atoms with Crippen LogP contribution in [0, 0.1) is 0 Å². The van der Waals surface area contributed by atoms with Gasteiger partial charge in [-0.15, -0.1) is 0 Å². The van der Waals surface area contributed by atoms with Crippen molar-refractivity contribution in [3.05, 3.63) is 17.5 Å². The van der Waals surface area contributed by atoms with E-state index in [2.05, 4.69) is 9.46 Å². The summed E-state index contributed by atoms with van der Waals surface area (Å²) >= 11 is 0. The van der Waals surface area contributed by atoms with Crippen LogP contribution in [-0.2, 0) is 16.8 Å². The Kier molecular flexibility index (Phi) is 4.08. The molecular formula is C11H19N3O2S. The van der Waals surface area contributed by atoms with E-state index >= 15 is 0 Å². The first-order valence-corrected chi connectivity index (χ1v) is 7.64. The normalized spacial score (nSPS) is 14.7. The van der Waals surface area contributed by atoms with Gasteiger partial charge in [0.1, 0.15) is 5.69 Å². The van der Waals surface area contributed by atoms with E-state index in [1.165, 1.54) is 10.9 Å². The molecule has 0 aromatic carbocycles. The lowest BCUT2D eigenvalue weighted by atomic mass is 10.1. The van der Waals surface area contributed by atoms with Gasteiger partial charge in [-0.05, 0) is 12.0 Å². The van der Waals surface area contributed by atoms with Crippen LogP contribution in [0.2, 0.25) is 0 Å². The van der Waals surface area contributed by atoms with Crippen molar-refractivity contribution in [2.75, 3.05) is 12.0 Å². The second-order valence-corrected chi connectivity index (χ2v) is 7.06. The van der Waals surface area contributed by atoms with Gasteiger partial charge >= 0.3 is 5.91 Å². The number of hydrogen-bond donors (Lipinski definition) is 0. The summed E-state index contributed by atoms with van der Waals surface area (Å²) in [6.07, 6.45) is 1.49. The monoisotopic (exact) mass is 257 g/mol. The molecule has 96 valence electrons. The summed E-state index contributed by atoms with van der Waals surface area (Å²) in [4.78, 5) is 11.9. The van der Waals surface area contributed by atoms with Gasteiger partial charge in [0, 0.05) is 19.1 Å². The predicted octanol–water partition coefficient (Wildman–Crippen LogP) is 1.80. The highest BCUT2D eigenvalue weighted by molar-refractivity contribution is 7.93. The average molecular weight is 257 g/mol. The summed E-state index contributed by atoms with van der Waals surface area (Å²) in [5.41, 5.74) is 1.22. The molecule has 6 heteroatoms. The summed E-state index contributed by atoms with van der Waals surface area (Å²) in [6, 6.07) is 1.71. The molecule has 1 heterocycles. The third-order valence-electron chi connectivity index (χ3n) is 2.52. The highest BCUT2D eigenvalue weighted by Crippen LogP contribution is 2.14. The SMILES string of the molecule is CCS(C)(=O)=NC(=O)c1cc(C(C)C)nn1C. The largest absolute Gasteiger partial charge is 0.303 e. The van der Waals surface area contributed by atoms with Gasteiger partial charge < -0.3 is 0 Å². The van der Waals surface area contributed by atoms with Crippen LogP contribution in [0.5, 0.6) is 0 Å². The molecule has 0 N–H and O–H groups in total. The standard InChI is InChI=1S/C11H19N3O2S/c1-6-17(5,16)13-11(15)10-7-9(8(2)3)12-14(10)4/h7-8H,6H2,1-5H3. The third kappa shape index (κ3) is 3.39. The molecule has 1 rings (SSSR count). The minimum Gasteiger partial charge on any atom is -0.264 e. The fourth-order valence-corrected chi connectivity index (χ4v) is 1.83. The molecule has 0 spiro atoms. The highest BCUT2D eigenvalue weighted by atomic mass is 32.2. The van der Waals surface area contributed by atoms with Crippen LogP contribution in [0.25, 0.3) is 0 Å². The van der Waals surface area contributed by atoms with Crippen LogP contribution < -0.4 is 0 Å². The number of nitrogens with zero attached hydrogens (tertiary/aromatic N) is 3. The highest BCUT2D eigenvalue weighted by Gasteiger charge is 2.15. The van der Waals surface area contributed by atoms with Gasteiger partial charge in [0.05, 0.1) is 15.4 Å². The molecule has 0 aliphatic carbocycles. The number of carbonyl (C=O) groups excluding carboxylic acids is 1. The number of rotatable bonds is 3. The van der Waals surface area contributed by atoms with E-state index in [9.17, 15) is 9.00 Å². The number of aryl methyl sites for hydroxylation is 1. The zero-order chi connectivity index (χ0) is 13.2. The Hall–Kier alpha value is -1.17. The molecule has 0 fully saturated rings. The van der Waals surface area contributed by atoms with Gasteiger partial charge in [0.25, 0.3) is 0 Å². The van der Waals surface area contributed by atoms with E-state index in [0.29, 0.717) is 11.4 Å². The van der Waals surface area contributed by atoms with Crippen molar-refractivity contribution in [1.29, 1.82) is 0 Å². The predicted molar refractivity (Wildman–Crippen MR) is 68.7 cm³/mol. The van der Waals surface area contributed by atoms with Gasteiger partial charge in [0.2, 0.25) is 0 Å². The lowest BCUT2D eigenvalue weighted by Crippen LogP contribution is -2.09. The Morgan fingerprint density at radius 1 is 1.59 bits per heavy atom. The van der Waals surface area contributed by atoms with Crippen molar-refractivity contribution in [1.82, 2.24) is 9.78 Å². The van der Waals surface area contributed by atoms with Gasteiger partial charge in [-0.2, -0.15) is 9.46 Å². The Morgan fingerprint density at radius 2 is 2.18 bits per heavy atom. The molecule has 0 aliphatic heterocycles. The zero-order valence-electron chi connectivity index (χ0n) is 10.9. The van der Waals surface area contributed by atoms with E-state index < -0.39 is 15.6 Å². The van der Waals surface area contributed by atoms with Crippen LogP contribution in [0.3, 0.4) is 0 Å². The van der Waals surface area contributed by atoms with Gasteiger partial charge in [-0.1, -0.05) is 20.8 Å². The van der Waals surface area contributed by atoms with E-state index in [1.807, 2.05) is 13.8 Å². The van der Waals surface area contributed by atoms with Crippen LogP contribution in [0.15, 0.2) is 10.4 Å². The minimum atomic E-state index is -2.41. The van der Waals surface area contributed by atoms with Crippen molar-refractivity contribution in [2.45, 2.75) is 26.7 Å². The topological polar surface area (TPSA) is 64.3 Å². The first-order chi connectivity index (χ1) is 7.76. The lowest BCUT2D eigenvalue weighted by molar-refractivity contribution is 0.0996. The summed E-state index contributed by atoms with van der Waals surface area (Å²) in [6.45, 7) is 5.76. The molecule has 1 aromatic rings. The van der Waals surface area contributed by atoms with Crippen LogP contribution in [-0.4, -0.2) is 31.9 Å². The van der Waals surface area contributed by atoms with E-state index in [4.69, 9.17) is 0 Å². The number of carbonyl (C=O) groups is 1. The van der Waals surface area contributed by atoms with Crippen molar-refractivity contribution >= 4 is 15.6 Å². The Morgan fingerprint density at radius 3 is 2.59 bits per heavy atom. The molecular weight excluding hydrogens is 238 g/mol. The lowest BCUT2D eigenvalue weighted by Gasteiger charge is -1.99. The number of aromatic nitrogens is 2. The maximum absolute atomic E-state index is 11.9. The first kappa shape index (κ1) is 13.9. The fraction of sp³-hybridized carbons (Fsp3) is 0.636. The summed E-state index contributed by atoms with van der Waals surface area (Å²) < 4.78 is 17.0. The molecule has 1 aromatic heterocycles. The van der Waals surface area contributed by atoms with Crippen LogP contribution in [0.4, 0.5) is 0 Å². The summed E-state index contributed by atoms with van der Waals surface area (Å²) in [7, 11) is -0.718. The maximum atomic E-state index is 11.9. The van der Waals surface area contributed by atoms with E-state index in [1.54, 1.807) is 20.0 Å². The summed E-state index contributed by atoms with van der Waals surface area (Å²) in [5, 5.41) is 4.23. The van der Waals surface area contributed by atoms with Crippen molar-refractivity contribution in [3.63, 3.8) is 0 Å². The number of amides is 1. The smallest absolute Gasteiger partial charge is 0.264 e. The molecule has 1 atom stereocenters. The minimum absolute atomic E-state index is 0.250. The Balaban J connectivity index is 3.14. The van der Waals surface area contributed by atoms with Crippen molar-refractivity contribution in [2.24, 2.45) is 11.4 Å². The molecule has 0 radical (unpaired) electrons. The average Bonchev–Trinajstić information content (AvgIpc) is 2.60. The van der Waals surface area contributed by atoms with Gasteiger partial charge in [-0.3, -0.25) is 9.48 Å². The fourth-order valence-electron chi connectivity index (χ4n) is 1.26. The van der Waals surface area contributed by atoms with Crippen LogP contribution >= 0.6 is 0 Å². The molecule has 1 unspecified atom stereocenters. The summed E-state index contributed by atoms with van der Waals surface area (Å²) in [5.74, 6) is 0.161. The maximum Gasteiger partial charge on any atom is 0.303 e. The Bertz CT molecular complexity index is 537. The molecule has 0 saturated carbocycles. The molecule has 0 aliphatic rings. The van der Waals surface area contributed by atoms with E-state index in [-0.39, 0.29) is 5.92 Å². The first-order valence-electron chi connectivity index (χ1n) is 5.55. The second kappa shape index (κ2) is 5.00. The van der Waals surface area contributed by atoms with E-state index in [0.717, 1.165) is 5.69 Å². The molecule has 0 bridgehead atoms. The Labute approximate surface area is 102 Å². The molecule has 1 amide bonds. The molecule has 0 saturated heterocycles. The van der Waals surface area contributed by atoms with Gasteiger partial charge in [0.15, 0.2) is 0 Å². The molecule has 17 heavy (non-hydrogen) atoms. The second-order valence-electron chi connectivity index (χ2n) is 4.38. The van der Waals surface area contributed by atoms with Crippen LogP contribution in [0.1, 0.15) is 42.9 Å². The number of hydrogen-bond acceptors (Lipinski definition) is 3. The van der Waals surface area contributed by atoms with Crippen molar-refractivity contribution < 1.29 is 9.00 Å². The quantitative estimate of drug-likeness (QED) is 0.829. The third-order valence-corrected chi connectivity index (χ3v) is 4.14. The van der Waals surface area contributed by atoms with Gasteiger partial charge in [-0.25, -0.2) is 4.21 Å². The zero-order valence-corrected chi connectivity index (χ0v) is 11.7.